The monoisotopic (exact) mass is 269 g/mol. The molecule has 1 aliphatic rings. The first-order valence-corrected chi connectivity index (χ1v) is 7.65. The molecule has 0 N–H and O–H groups in total. The average Bonchev–Trinajstić information content (AvgIpc) is 3.01. The number of rotatable bonds is 4. The van der Waals surface area contributed by atoms with Gasteiger partial charge in [-0.25, -0.2) is 0 Å². The molecule has 1 aromatic rings. The fourth-order valence-corrected chi connectivity index (χ4v) is 3.96. The summed E-state index contributed by atoms with van der Waals surface area (Å²) >= 11 is 1.61. The Labute approximate surface area is 93.8 Å². The van der Waals surface area contributed by atoms with E-state index in [9.17, 15) is 4.79 Å². The normalized spacial score (nSPS) is 16.4. The van der Waals surface area contributed by atoms with Crippen molar-refractivity contribution in [2.45, 2.75) is 22.7 Å². The molecule has 1 fully saturated rings. The SMILES string of the molecule is CSc1ncc(C=O)c([As]C2CC2)n1. The second-order valence-corrected chi connectivity index (χ2v) is 6.85. The van der Waals surface area contributed by atoms with Crippen molar-refractivity contribution in [3.8, 4) is 0 Å². The Balaban J connectivity index is 2.26. The first kappa shape index (κ1) is 10.2. The predicted octanol–water partition coefficient (Wildman–Crippen LogP) is 0.923. The maximum atomic E-state index is 10.8. The fraction of sp³-hybridized carbons (Fsp3) is 0.444. The van der Waals surface area contributed by atoms with Gasteiger partial charge in [-0.3, -0.25) is 0 Å². The molecule has 3 nitrogen and oxygen atoms in total. The van der Waals surface area contributed by atoms with Gasteiger partial charge in [0, 0.05) is 0 Å². The zero-order valence-electron chi connectivity index (χ0n) is 7.80. The third-order valence-corrected chi connectivity index (χ3v) is 5.61. The van der Waals surface area contributed by atoms with Crippen molar-refractivity contribution in [3.63, 3.8) is 0 Å². The molecule has 0 aliphatic heterocycles. The molecule has 0 aromatic carbocycles. The van der Waals surface area contributed by atoms with Crippen LogP contribution in [0.1, 0.15) is 23.2 Å². The minimum atomic E-state index is 0.0798. The number of hydrogen-bond donors (Lipinski definition) is 0. The van der Waals surface area contributed by atoms with Crippen molar-refractivity contribution in [3.05, 3.63) is 11.8 Å². The van der Waals surface area contributed by atoms with Gasteiger partial charge in [-0.2, -0.15) is 0 Å². The van der Waals surface area contributed by atoms with Gasteiger partial charge in [0.05, 0.1) is 0 Å². The van der Waals surface area contributed by atoms with Crippen molar-refractivity contribution in [2.75, 3.05) is 6.26 Å². The Morgan fingerprint density at radius 1 is 1.64 bits per heavy atom. The fourth-order valence-electron chi connectivity index (χ4n) is 1.03. The Morgan fingerprint density at radius 3 is 3.00 bits per heavy atom. The van der Waals surface area contributed by atoms with Crippen LogP contribution in [0.25, 0.3) is 0 Å². The first-order valence-electron chi connectivity index (χ1n) is 4.40. The van der Waals surface area contributed by atoms with Gasteiger partial charge in [0.15, 0.2) is 0 Å². The molecule has 0 bridgehead atoms. The molecular weight excluding hydrogens is 259 g/mol. The molecule has 1 radical (unpaired) electrons. The van der Waals surface area contributed by atoms with E-state index in [1.807, 2.05) is 6.26 Å². The van der Waals surface area contributed by atoms with Crippen LogP contribution in [0.2, 0.25) is 4.71 Å². The first-order chi connectivity index (χ1) is 6.83. The molecular formula is C9H10AsN2OS. The van der Waals surface area contributed by atoms with E-state index in [-0.39, 0.29) is 15.8 Å². The van der Waals surface area contributed by atoms with Gasteiger partial charge in [0.25, 0.3) is 0 Å². The van der Waals surface area contributed by atoms with Crippen LogP contribution < -0.4 is 4.48 Å². The third-order valence-electron chi connectivity index (χ3n) is 1.94. The van der Waals surface area contributed by atoms with E-state index in [0.717, 1.165) is 20.6 Å². The van der Waals surface area contributed by atoms with Gasteiger partial charge in [-0.1, -0.05) is 0 Å². The number of thioether (sulfide) groups is 1. The topological polar surface area (TPSA) is 42.9 Å². The Kier molecular flexibility index (Phi) is 3.24. The van der Waals surface area contributed by atoms with Crippen molar-refractivity contribution in [2.24, 2.45) is 0 Å². The Hall–Kier alpha value is -0.342. The predicted molar refractivity (Wildman–Crippen MR) is 57.6 cm³/mol. The van der Waals surface area contributed by atoms with Crippen LogP contribution in [0.5, 0.6) is 0 Å². The number of carbonyl (C=O) groups excluding carboxylic acids is 1. The number of aldehydes is 1. The molecule has 2 rings (SSSR count). The van der Waals surface area contributed by atoms with Gasteiger partial charge >= 0.3 is 93.8 Å². The van der Waals surface area contributed by atoms with E-state index < -0.39 is 0 Å². The number of hydrogen-bond acceptors (Lipinski definition) is 4. The third kappa shape index (κ3) is 2.37. The van der Waals surface area contributed by atoms with Crippen molar-refractivity contribution < 1.29 is 4.79 Å². The Morgan fingerprint density at radius 2 is 2.43 bits per heavy atom. The second-order valence-electron chi connectivity index (χ2n) is 3.11. The summed E-state index contributed by atoms with van der Waals surface area (Å²) in [5.41, 5.74) is 0.690. The summed E-state index contributed by atoms with van der Waals surface area (Å²) in [7, 11) is 0. The summed E-state index contributed by atoms with van der Waals surface area (Å²) in [5, 5.41) is 0.779. The molecule has 1 aromatic heterocycles. The summed E-state index contributed by atoms with van der Waals surface area (Å²) in [6, 6.07) is 0. The molecule has 0 atom stereocenters. The van der Waals surface area contributed by atoms with Crippen LogP contribution in [-0.2, 0) is 0 Å². The summed E-state index contributed by atoms with van der Waals surface area (Å²) in [4.78, 5) is 19.3. The van der Waals surface area contributed by atoms with Gasteiger partial charge in [-0.05, 0) is 0 Å². The van der Waals surface area contributed by atoms with Crippen LogP contribution in [0.3, 0.4) is 0 Å². The summed E-state index contributed by atoms with van der Waals surface area (Å²) in [5.74, 6) is 0. The molecule has 5 heteroatoms. The van der Waals surface area contributed by atoms with E-state index in [1.165, 1.54) is 24.6 Å². The summed E-state index contributed by atoms with van der Waals surface area (Å²) in [6.07, 6.45) is 7.11. The molecule has 0 spiro atoms. The van der Waals surface area contributed by atoms with E-state index in [1.54, 1.807) is 6.20 Å². The molecule has 1 saturated carbocycles. The van der Waals surface area contributed by atoms with E-state index in [4.69, 9.17) is 0 Å². The van der Waals surface area contributed by atoms with Crippen molar-refractivity contribution in [1.29, 1.82) is 0 Å². The molecule has 0 saturated heterocycles. The van der Waals surface area contributed by atoms with Crippen LogP contribution in [-0.4, -0.2) is 38.3 Å². The number of aromatic nitrogens is 2. The second kappa shape index (κ2) is 4.45. The quantitative estimate of drug-likeness (QED) is 0.353. The van der Waals surface area contributed by atoms with Gasteiger partial charge in [-0.15, -0.1) is 0 Å². The van der Waals surface area contributed by atoms with Gasteiger partial charge < -0.3 is 0 Å². The van der Waals surface area contributed by atoms with Gasteiger partial charge in [0.2, 0.25) is 0 Å². The molecule has 14 heavy (non-hydrogen) atoms. The maximum absolute atomic E-state index is 10.8. The molecule has 73 valence electrons. The number of carbonyl (C=O) groups is 1. The molecule has 0 unspecified atom stereocenters. The van der Waals surface area contributed by atoms with Crippen molar-refractivity contribution >= 4 is 38.3 Å². The zero-order chi connectivity index (χ0) is 9.97. The molecule has 1 heterocycles. The van der Waals surface area contributed by atoms with E-state index >= 15 is 0 Å². The van der Waals surface area contributed by atoms with Crippen LogP contribution in [0.15, 0.2) is 11.4 Å². The standard InChI is InChI=1S/C9H10AsN2OS/c1-14-9-11-4-6(5-13)8(12-9)10-7-2-3-7/h4-5,7H,2-3H2,1H3. The summed E-state index contributed by atoms with van der Waals surface area (Å²) < 4.78 is 1.85. The van der Waals surface area contributed by atoms with E-state index in [2.05, 4.69) is 9.97 Å². The van der Waals surface area contributed by atoms with E-state index in [0.29, 0.717) is 5.56 Å². The summed E-state index contributed by atoms with van der Waals surface area (Å²) in [6.45, 7) is 0. The van der Waals surface area contributed by atoms with Crippen LogP contribution >= 0.6 is 11.8 Å². The van der Waals surface area contributed by atoms with Gasteiger partial charge in [0.1, 0.15) is 0 Å². The van der Waals surface area contributed by atoms with Crippen molar-refractivity contribution in [1.82, 2.24) is 9.97 Å². The minimum absolute atomic E-state index is 0.0798. The number of nitrogens with zero attached hydrogens (tertiary/aromatic N) is 2. The van der Waals surface area contributed by atoms with Crippen LogP contribution in [0, 0.1) is 0 Å². The molecule has 1 aliphatic carbocycles. The average molecular weight is 269 g/mol. The Bertz CT molecular complexity index is 355. The zero-order valence-corrected chi connectivity index (χ0v) is 10.5. The van der Waals surface area contributed by atoms with Crippen LogP contribution in [0.4, 0.5) is 0 Å². The molecule has 0 amide bonds.